The minimum Gasteiger partial charge on any atom is -0.370 e. The number of nitriles is 1. The van der Waals surface area contributed by atoms with Crippen LogP contribution >= 0.6 is 0 Å². The smallest absolute Gasteiger partial charge is 0.227 e. The van der Waals surface area contributed by atoms with E-state index in [1.165, 1.54) is 6.42 Å². The Bertz CT molecular complexity index is 1370. The molecule has 3 aromatic rings. The summed E-state index contributed by atoms with van der Waals surface area (Å²) in [5.74, 6) is 3.32. The van der Waals surface area contributed by atoms with Crippen LogP contribution in [0.5, 0.6) is 0 Å². The number of aromatic nitrogens is 3. The van der Waals surface area contributed by atoms with E-state index in [9.17, 15) is 5.26 Å². The number of hydrogen-bond donors (Lipinski definition) is 0. The second kappa shape index (κ2) is 11.6. The minimum absolute atomic E-state index is 0.118. The highest BCUT2D eigenvalue weighted by Gasteiger charge is 2.31. The van der Waals surface area contributed by atoms with Gasteiger partial charge in [-0.05, 0) is 49.1 Å². The SMILES string of the molecule is CC[C@H]1CN(c2nccc(N3CCN(C[C@H]4CN(c5ccc(C#N)c6ncccc56)CC(C)O4)CC3)n2)C[C@H]1C. The number of piperazine rings is 1. The fraction of sp³-hybridized carbons (Fsp3) is 0.548. The number of rotatable bonds is 6. The Balaban J connectivity index is 1.08. The molecule has 9 nitrogen and oxygen atoms in total. The van der Waals surface area contributed by atoms with Crippen LogP contribution in [-0.4, -0.2) is 91.0 Å². The van der Waals surface area contributed by atoms with E-state index in [4.69, 9.17) is 9.72 Å². The summed E-state index contributed by atoms with van der Waals surface area (Å²) < 4.78 is 6.42. The first kappa shape index (κ1) is 26.7. The average molecular weight is 541 g/mol. The Morgan fingerprint density at radius 1 is 0.925 bits per heavy atom. The van der Waals surface area contributed by atoms with E-state index < -0.39 is 0 Å². The zero-order valence-electron chi connectivity index (χ0n) is 23.9. The van der Waals surface area contributed by atoms with Crippen LogP contribution in [-0.2, 0) is 4.74 Å². The number of morpholine rings is 1. The van der Waals surface area contributed by atoms with Crippen LogP contribution in [0.25, 0.3) is 10.9 Å². The normalized spacial score (nSPS) is 25.9. The third kappa shape index (κ3) is 5.43. The van der Waals surface area contributed by atoms with Gasteiger partial charge in [0.2, 0.25) is 5.95 Å². The lowest BCUT2D eigenvalue weighted by Crippen LogP contribution is -2.54. The van der Waals surface area contributed by atoms with Gasteiger partial charge in [0.1, 0.15) is 11.9 Å². The molecule has 0 saturated carbocycles. The van der Waals surface area contributed by atoms with Gasteiger partial charge in [-0.3, -0.25) is 9.88 Å². The molecule has 0 radical (unpaired) electrons. The summed E-state index contributed by atoms with van der Waals surface area (Å²) in [6, 6.07) is 12.3. The Labute approximate surface area is 237 Å². The zero-order valence-corrected chi connectivity index (χ0v) is 23.9. The summed E-state index contributed by atoms with van der Waals surface area (Å²) in [5.41, 5.74) is 2.52. The molecular formula is C31H40N8O. The van der Waals surface area contributed by atoms with Crippen LogP contribution < -0.4 is 14.7 Å². The van der Waals surface area contributed by atoms with Crippen molar-refractivity contribution >= 4 is 28.4 Å². The molecule has 6 rings (SSSR count). The quantitative estimate of drug-likeness (QED) is 0.464. The molecule has 0 bridgehead atoms. The lowest BCUT2D eigenvalue weighted by atomic mass is 9.96. The molecule has 1 aromatic carbocycles. The molecule has 3 saturated heterocycles. The summed E-state index contributed by atoms with van der Waals surface area (Å²) in [7, 11) is 0. The molecule has 0 spiro atoms. The van der Waals surface area contributed by atoms with Crippen LogP contribution in [0.15, 0.2) is 42.7 Å². The third-order valence-corrected chi connectivity index (χ3v) is 8.90. The molecule has 4 atom stereocenters. The highest BCUT2D eigenvalue weighted by Crippen LogP contribution is 2.31. The van der Waals surface area contributed by atoms with Gasteiger partial charge in [0.05, 0.1) is 23.3 Å². The van der Waals surface area contributed by atoms with Gasteiger partial charge >= 0.3 is 0 Å². The molecule has 3 aliphatic heterocycles. The van der Waals surface area contributed by atoms with Crippen molar-refractivity contribution in [3.63, 3.8) is 0 Å². The summed E-state index contributed by atoms with van der Waals surface area (Å²) in [5, 5.41) is 10.6. The van der Waals surface area contributed by atoms with Gasteiger partial charge in [-0.1, -0.05) is 20.3 Å². The number of ether oxygens (including phenoxy) is 1. The maximum Gasteiger partial charge on any atom is 0.227 e. The molecule has 40 heavy (non-hydrogen) atoms. The number of anilines is 3. The summed E-state index contributed by atoms with van der Waals surface area (Å²) in [4.78, 5) is 23.8. The van der Waals surface area contributed by atoms with E-state index in [2.05, 4.69) is 74.6 Å². The first-order valence-corrected chi connectivity index (χ1v) is 14.8. The summed E-state index contributed by atoms with van der Waals surface area (Å²) in [6.45, 7) is 15.3. The lowest BCUT2D eigenvalue weighted by Gasteiger charge is -2.42. The van der Waals surface area contributed by atoms with Gasteiger partial charge in [-0.15, -0.1) is 0 Å². The van der Waals surface area contributed by atoms with Crippen molar-refractivity contribution in [3.8, 4) is 6.07 Å². The molecule has 3 aliphatic rings. The summed E-state index contributed by atoms with van der Waals surface area (Å²) >= 11 is 0. The van der Waals surface area contributed by atoms with Crippen molar-refractivity contribution < 1.29 is 4.74 Å². The number of benzene rings is 1. The molecule has 5 heterocycles. The molecule has 3 fully saturated rings. The maximum atomic E-state index is 9.54. The molecule has 2 aromatic heterocycles. The highest BCUT2D eigenvalue weighted by atomic mass is 16.5. The standard InChI is InChI=1S/C31H40N8O/c1-4-24-19-39(17-22(24)2)31-34-11-9-29(35-31)37-14-12-36(13-15-37)20-26-21-38(18-23(3)40-26)28-8-7-25(16-32)30-27(28)6-5-10-33-30/h5-11,22-24,26H,4,12-15,17-21H2,1-3H3/t22-,23?,24+,26+/m1/s1. The number of pyridine rings is 1. The van der Waals surface area contributed by atoms with E-state index in [1.54, 1.807) is 6.20 Å². The molecule has 9 heteroatoms. The van der Waals surface area contributed by atoms with Crippen molar-refractivity contribution in [1.82, 2.24) is 19.9 Å². The largest absolute Gasteiger partial charge is 0.370 e. The Morgan fingerprint density at radius 3 is 2.55 bits per heavy atom. The average Bonchev–Trinajstić information content (AvgIpc) is 3.37. The van der Waals surface area contributed by atoms with Crippen molar-refractivity contribution in [2.75, 3.05) is 73.6 Å². The van der Waals surface area contributed by atoms with E-state index in [-0.39, 0.29) is 12.2 Å². The Morgan fingerprint density at radius 2 is 1.77 bits per heavy atom. The van der Waals surface area contributed by atoms with Gasteiger partial charge in [-0.2, -0.15) is 10.2 Å². The van der Waals surface area contributed by atoms with Gasteiger partial charge in [0.15, 0.2) is 0 Å². The van der Waals surface area contributed by atoms with E-state index >= 15 is 0 Å². The molecule has 0 aliphatic carbocycles. The first-order valence-electron chi connectivity index (χ1n) is 14.8. The van der Waals surface area contributed by atoms with Crippen molar-refractivity contribution in [1.29, 1.82) is 5.26 Å². The Hall–Kier alpha value is -3.48. The van der Waals surface area contributed by atoms with E-state index in [1.807, 2.05) is 18.3 Å². The van der Waals surface area contributed by atoms with Crippen LogP contribution in [0.4, 0.5) is 17.5 Å². The van der Waals surface area contributed by atoms with Crippen LogP contribution in [0.2, 0.25) is 0 Å². The van der Waals surface area contributed by atoms with Crippen molar-refractivity contribution in [2.24, 2.45) is 11.8 Å². The van der Waals surface area contributed by atoms with Crippen LogP contribution in [0, 0.1) is 23.2 Å². The van der Waals surface area contributed by atoms with Crippen LogP contribution in [0.3, 0.4) is 0 Å². The predicted molar refractivity (Wildman–Crippen MR) is 159 cm³/mol. The zero-order chi connectivity index (χ0) is 27.6. The van der Waals surface area contributed by atoms with E-state index in [0.29, 0.717) is 11.5 Å². The highest BCUT2D eigenvalue weighted by molar-refractivity contribution is 5.95. The summed E-state index contributed by atoms with van der Waals surface area (Å²) in [6.07, 6.45) is 5.13. The topological polar surface area (TPSA) is 84.7 Å². The molecule has 0 N–H and O–H groups in total. The number of hydrogen-bond acceptors (Lipinski definition) is 9. The molecule has 0 amide bonds. The first-order chi connectivity index (χ1) is 19.5. The van der Waals surface area contributed by atoms with Gasteiger partial charge in [-0.25, -0.2) is 4.98 Å². The van der Waals surface area contributed by atoms with Gasteiger partial charge < -0.3 is 19.4 Å². The monoisotopic (exact) mass is 540 g/mol. The molecular weight excluding hydrogens is 500 g/mol. The fourth-order valence-corrected chi connectivity index (χ4v) is 6.71. The lowest BCUT2D eigenvalue weighted by molar-refractivity contribution is -0.0327. The Kier molecular flexibility index (Phi) is 7.72. The van der Waals surface area contributed by atoms with Gasteiger partial charge in [0, 0.05) is 82.4 Å². The fourth-order valence-electron chi connectivity index (χ4n) is 6.71. The number of fused-ring (bicyclic) bond motifs is 1. The molecule has 1 unspecified atom stereocenters. The second-order valence-electron chi connectivity index (χ2n) is 11.7. The third-order valence-electron chi connectivity index (χ3n) is 8.90. The minimum atomic E-state index is 0.118. The van der Waals surface area contributed by atoms with Crippen molar-refractivity contribution in [2.45, 2.75) is 39.4 Å². The van der Waals surface area contributed by atoms with Gasteiger partial charge in [0.25, 0.3) is 0 Å². The van der Waals surface area contributed by atoms with Crippen molar-refractivity contribution in [3.05, 3.63) is 48.3 Å². The maximum absolute atomic E-state index is 9.54. The second-order valence-corrected chi connectivity index (χ2v) is 11.7. The van der Waals surface area contributed by atoms with E-state index in [0.717, 1.165) is 93.2 Å². The predicted octanol–water partition coefficient (Wildman–Crippen LogP) is 3.79. The number of nitrogens with zero attached hydrogens (tertiary/aromatic N) is 8. The molecule has 210 valence electrons. The van der Waals surface area contributed by atoms with Crippen LogP contribution in [0.1, 0.15) is 32.8 Å².